The SMILES string of the molecule is CCOc1ccc(Br)cc1/C=N\NC(=O)COc1cc(C)ccc1C. The van der Waals surface area contributed by atoms with Crippen molar-refractivity contribution < 1.29 is 14.3 Å². The summed E-state index contributed by atoms with van der Waals surface area (Å²) in [6.45, 7) is 6.28. The molecule has 0 unspecified atom stereocenters. The molecule has 0 aliphatic carbocycles. The van der Waals surface area contributed by atoms with Gasteiger partial charge in [0, 0.05) is 10.0 Å². The van der Waals surface area contributed by atoms with Crippen molar-refractivity contribution in [2.45, 2.75) is 20.8 Å². The number of aryl methyl sites for hydroxylation is 2. The second-order valence-electron chi connectivity index (χ2n) is 5.47. The molecule has 0 aromatic heterocycles. The largest absolute Gasteiger partial charge is 0.493 e. The zero-order valence-electron chi connectivity index (χ0n) is 14.5. The lowest BCUT2D eigenvalue weighted by Crippen LogP contribution is -2.24. The molecule has 25 heavy (non-hydrogen) atoms. The second-order valence-corrected chi connectivity index (χ2v) is 6.38. The summed E-state index contributed by atoms with van der Waals surface area (Å²) < 4.78 is 12.0. The molecule has 0 spiro atoms. The maximum atomic E-state index is 11.9. The van der Waals surface area contributed by atoms with Crippen LogP contribution in [0, 0.1) is 13.8 Å². The first kappa shape index (κ1) is 19.0. The smallest absolute Gasteiger partial charge is 0.277 e. The van der Waals surface area contributed by atoms with Crippen molar-refractivity contribution in [1.29, 1.82) is 0 Å². The van der Waals surface area contributed by atoms with Crippen molar-refractivity contribution in [2.24, 2.45) is 5.10 Å². The van der Waals surface area contributed by atoms with Gasteiger partial charge in [-0.3, -0.25) is 4.79 Å². The summed E-state index contributed by atoms with van der Waals surface area (Å²) >= 11 is 3.41. The van der Waals surface area contributed by atoms with Crippen molar-refractivity contribution >= 4 is 28.1 Å². The standard InChI is InChI=1S/C19H21BrN2O3/c1-4-24-17-8-7-16(20)10-15(17)11-21-22-19(23)12-25-18-9-13(2)5-6-14(18)3/h5-11H,4,12H2,1-3H3,(H,22,23)/b21-11-. The Labute approximate surface area is 156 Å². The summed E-state index contributed by atoms with van der Waals surface area (Å²) in [4.78, 5) is 11.9. The van der Waals surface area contributed by atoms with E-state index in [-0.39, 0.29) is 12.5 Å². The Kier molecular flexibility index (Phi) is 7.01. The topological polar surface area (TPSA) is 59.9 Å². The molecule has 0 heterocycles. The highest BCUT2D eigenvalue weighted by Crippen LogP contribution is 2.22. The van der Waals surface area contributed by atoms with E-state index in [4.69, 9.17) is 9.47 Å². The quantitative estimate of drug-likeness (QED) is 0.560. The molecule has 0 atom stereocenters. The number of ether oxygens (including phenoxy) is 2. The predicted octanol–water partition coefficient (Wildman–Crippen LogP) is 3.99. The lowest BCUT2D eigenvalue weighted by Gasteiger charge is -2.09. The number of carbonyl (C=O) groups excluding carboxylic acids is 1. The number of nitrogens with one attached hydrogen (secondary N) is 1. The minimum atomic E-state index is -0.329. The van der Waals surface area contributed by atoms with Crippen molar-refractivity contribution in [3.63, 3.8) is 0 Å². The normalized spacial score (nSPS) is 10.7. The van der Waals surface area contributed by atoms with Gasteiger partial charge in [0.2, 0.25) is 0 Å². The first-order valence-corrected chi connectivity index (χ1v) is 8.73. The average molecular weight is 405 g/mol. The molecule has 0 aliphatic heterocycles. The summed E-state index contributed by atoms with van der Waals surface area (Å²) in [5.41, 5.74) is 5.29. The summed E-state index contributed by atoms with van der Waals surface area (Å²) in [6, 6.07) is 11.5. The van der Waals surface area contributed by atoms with Gasteiger partial charge in [0.05, 0.1) is 12.8 Å². The fraction of sp³-hybridized carbons (Fsp3) is 0.263. The maximum absolute atomic E-state index is 11.9. The zero-order valence-corrected chi connectivity index (χ0v) is 16.1. The number of hydrogen-bond donors (Lipinski definition) is 1. The Morgan fingerprint density at radius 3 is 2.72 bits per heavy atom. The van der Waals surface area contributed by atoms with Crippen LogP contribution in [0.4, 0.5) is 0 Å². The fourth-order valence-electron chi connectivity index (χ4n) is 2.12. The van der Waals surface area contributed by atoms with Gasteiger partial charge in [-0.2, -0.15) is 5.10 Å². The van der Waals surface area contributed by atoms with Gasteiger partial charge in [0.15, 0.2) is 6.61 Å². The summed E-state index contributed by atoms with van der Waals surface area (Å²) in [5, 5.41) is 3.97. The van der Waals surface area contributed by atoms with Crippen molar-refractivity contribution in [2.75, 3.05) is 13.2 Å². The second kappa shape index (κ2) is 9.22. The Morgan fingerprint density at radius 1 is 1.16 bits per heavy atom. The number of rotatable bonds is 7. The fourth-order valence-corrected chi connectivity index (χ4v) is 2.50. The molecule has 0 radical (unpaired) electrons. The third-order valence-corrected chi connectivity index (χ3v) is 3.86. The summed E-state index contributed by atoms with van der Waals surface area (Å²) in [6.07, 6.45) is 1.55. The molecular formula is C19H21BrN2O3. The van der Waals surface area contributed by atoms with E-state index >= 15 is 0 Å². The summed E-state index contributed by atoms with van der Waals surface area (Å²) in [5.74, 6) is 1.07. The van der Waals surface area contributed by atoms with E-state index in [0.29, 0.717) is 18.1 Å². The van der Waals surface area contributed by atoms with Crippen LogP contribution in [-0.2, 0) is 4.79 Å². The number of hydrogen-bond acceptors (Lipinski definition) is 4. The van der Waals surface area contributed by atoms with Gasteiger partial charge in [-0.1, -0.05) is 28.1 Å². The molecule has 2 rings (SSSR count). The van der Waals surface area contributed by atoms with Gasteiger partial charge in [-0.15, -0.1) is 0 Å². The van der Waals surface area contributed by atoms with Crippen LogP contribution >= 0.6 is 15.9 Å². The number of amides is 1. The maximum Gasteiger partial charge on any atom is 0.277 e. The van der Waals surface area contributed by atoms with Crippen LogP contribution in [0.25, 0.3) is 0 Å². The molecule has 0 aliphatic rings. The van der Waals surface area contributed by atoms with Crippen LogP contribution in [-0.4, -0.2) is 25.3 Å². The lowest BCUT2D eigenvalue weighted by molar-refractivity contribution is -0.123. The number of halogens is 1. The van der Waals surface area contributed by atoms with E-state index in [9.17, 15) is 4.79 Å². The monoisotopic (exact) mass is 404 g/mol. The Bertz CT molecular complexity index is 775. The van der Waals surface area contributed by atoms with Gasteiger partial charge in [0.1, 0.15) is 11.5 Å². The zero-order chi connectivity index (χ0) is 18.2. The lowest BCUT2D eigenvalue weighted by atomic mass is 10.1. The van der Waals surface area contributed by atoms with Gasteiger partial charge >= 0.3 is 0 Å². The molecule has 6 heteroatoms. The van der Waals surface area contributed by atoms with E-state index in [1.807, 2.05) is 57.2 Å². The predicted molar refractivity (Wildman–Crippen MR) is 102 cm³/mol. The van der Waals surface area contributed by atoms with E-state index in [2.05, 4.69) is 26.5 Å². The van der Waals surface area contributed by atoms with Crippen LogP contribution in [0.1, 0.15) is 23.6 Å². The highest BCUT2D eigenvalue weighted by Gasteiger charge is 2.05. The van der Waals surface area contributed by atoms with Gasteiger partial charge in [-0.25, -0.2) is 5.43 Å². The third kappa shape index (κ3) is 5.90. The molecule has 0 saturated carbocycles. The molecule has 0 fully saturated rings. The Balaban J connectivity index is 1.92. The van der Waals surface area contributed by atoms with E-state index in [0.717, 1.165) is 21.2 Å². The highest BCUT2D eigenvalue weighted by atomic mass is 79.9. The number of benzene rings is 2. The van der Waals surface area contributed by atoms with Crippen molar-refractivity contribution in [1.82, 2.24) is 5.43 Å². The average Bonchev–Trinajstić information content (AvgIpc) is 2.58. The van der Waals surface area contributed by atoms with Crippen molar-refractivity contribution in [3.8, 4) is 11.5 Å². The van der Waals surface area contributed by atoms with Crippen LogP contribution in [0.3, 0.4) is 0 Å². The molecule has 0 bridgehead atoms. The van der Waals surface area contributed by atoms with Crippen LogP contribution < -0.4 is 14.9 Å². The number of nitrogens with zero attached hydrogens (tertiary/aromatic N) is 1. The Hall–Kier alpha value is -2.34. The molecule has 132 valence electrons. The van der Waals surface area contributed by atoms with Crippen LogP contribution in [0.15, 0.2) is 46.0 Å². The molecule has 2 aromatic carbocycles. The van der Waals surface area contributed by atoms with E-state index in [1.165, 1.54) is 0 Å². The van der Waals surface area contributed by atoms with Crippen LogP contribution in [0.5, 0.6) is 11.5 Å². The van der Waals surface area contributed by atoms with E-state index in [1.54, 1.807) is 6.21 Å². The number of hydrazone groups is 1. The van der Waals surface area contributed by atoms with Crippen LogP contribution in [0.2, 0.25) is 0 Å². The summed E-state index contributed by atoms with van der Waals surface area (Å²) in [7, 11) is 0. The minimum absolute atomic E-state index is 0.0988. The van der Waals surface area contributed by atoms with Crippen molar-refractivity contribution in [3.05, 3.63) is 57.6 Å². The third-order valence-electron chi connectivity index (χ3n) is 3.37. The first-order valence-electron chi connectivity index (χ1n) is 7.94. The molecule has 0 saturated heterocycles. The van der Waals surface area contributed by atoms with Gasteiger partial charge in [-0.05, 0) is 56.2 Å². The molecule has 5 nitrogen and oxygen atoms in total. The number of carbonyl (C=O) groups is 1. The molecule has 1 amide bonds. The minimum Gasteiger partial charge on any atom is -0.493 e. The Morgan fingerprint density at radius 2 is 1.96 bits per heavy atom. The molecular weight excluding hydrogens is 384 g/mol. The first-order chi connectivity index (χ1) is 12.0. The highest BCUT2D eigenvalue weighted by molar-refractivity contribution is 9.10. The van der Waals surface area contributed by atoms with Gasteiger partial charge < -0.3 is 9.47 Å². The van der Waals surface area contributed by atoms with Gasteiger partial charge in [0.25, 0.3) is 5.91 Å². The molecule has 1 N–H and O–H groups in total. The van der Waals surface area contributed by atoms with E-state index < -0.39 is 0 Å². The molecule has 2 aromatic rings.